The van der Waals surface area contributed by atoms with Gasteiger partial charge in [0, 0.05) is 38.8 Å². The monoisotopic (exact) mass is 400 g/mol. The summed E-state index contributed by atoms with van der Waals surface area (Å²) in [5, 5.41) is 0. The first-order valence-electron chi connectivity index (χ1n) is 9.94. The van der Waals surface area contributed by atoms with Crippen LogP contribution in [0.4, 0.5) is 4.39 Å². The predicted molar refractivity (Wildman–Crippen MR) is 106 cm³/mol. The number of rotatable bonds is 7. The summed E-state index contributed by atoms with van der Waals surface area (Å²) in [6, 6.07) is 11.7. The molecule has 154 valence electrons. The number of carbonyl (C=O) groups is 1. The van der Waals surface area contributed by atoms with Crippen molar-refractivity contribution in [1.82, 2.24) is 9.80 Å². The van der Waals surface area contributed by atoms with Crippen LogP contribution >= 0.6 is 0 Å². The standard InChI is InChI=1S/C22H25FN2O4/c23-18-4-2-17(3-5-18)14-22(26)25-11-9-24(10-12-25)8-1-13-27-19-6-7-20-21(15-19)29-16-28-20/h2-7,15H,1,8-14,16H2. The summed E-state index contributed by atoms with van der Waals surface area (Å²) in [4.78, 5) is 16.7. The Kier molecular flexibility index (Phi) is 6.14. The van der Waals surface area contributed by atoms with Crippen LogP contribution < -0.4 is 14.2 Å². The summed E-state index contributed by atoms with van der Waals surface area (Å²) in [7, 11) is 0. The van der Waals surface area contributed by atoms with Crippen molar-refractivity contribution in [3.05, 3.63) is 53.8 Å². The maximum absolute atomic E-state index is 13.0. The summed E-state index contributed by atoms with van der Waals surface area (Å²) >= 11 is 0. The highest BCUT2D eigenvalue weighted by molar-refractivity contribution is 5.78. The second-order valence-electron chi connectivity index (χ2n) is 7.24. The van der Waals surface area contributed by atoms with E-state index in [4.69, 9.17) is 14.2 Å². The number of nitrogens with zero attached hydrogens (tertiary/aromatic N) is 2. The summed E-state index contributed by atoms with van der Waals surface area (Å²) in [5.41, 5.74) is 0.847. The Morgan fingerprint density at radius 3 is 2.55 bits per heavy atom. The number of ether oxygens (including phenoxy) is 3. The molecule has 0 aromatic heterocycles. The molecule has 0 atom stereocenters. The van der Waals surface area contributed by atoms with Gasteiger partial charge in [-0.15, -0.1) is 0 Å². The zero-order valence-corrected chi connectivity index (χ0v) is 16.3. The maximum atomic E-state index is 13.0. The fraction of sp³-hybridized carbons (Fsp3) is 0.409. The van der Waals surface area contributed by atoms with Crippen LogP contribution in [0.15, 0.2) is 42.5 Å². The third kappa shape index (κ3) is 5.17. The van der Waals surface area contributed by atoms with Crippen LogP contribution in [-0.2, 0) is 11.2 Å². The summed E-state index contributed by atoms with van der Waals surface area (Å²) in [5.74, 6) is 2.08. The van der Waals surface area contributed by atoms with E-state index in [2.05, 4.69) is 4.90 Å². The van der Waals surface area contributed by atoms with E-state index >= 15 is 0 Å². The van der Waals surface area contributed by atoms with Crippen molar-refractivity contribution in [3.8, 4) is 17.2 Å². The van der Waals surface area contributed by atoms with E-state index < -0.39 is 0 Å². The van der Waals surface area contributed by atoms with Gasteiger partial charge in [-0.2, -0.15) is 0 Å². The molecular formula is C22H25FN2O4. The van der Waals surface area contributed by atoms with Crippen molar-refractivity contribution in [3.63, 3.8) is 0 Å². The van der Waals surface area contributed by atoms with E-state index in [9.17, 15) is 9.18 Å². The second kappa shape index (κ2) is 9.13. The third-order valence-corrected chi connectivity index (χ3v) is 5.23. The molecule has 4 rings (SSSR count). The van der Waals surface area contributed by atoms with Crippen molar-refractivity contribution >= 4 is 5.91 Å². The SMILES string of the molecule is O=C(Cc1ccc(F)cc1)N1CCN(CCCOc2ccc3c(c2)OCO3)CC1. The molecule has 1 fully saturated rings. The van der Waals surface area contributed by atoms with Crippen LogP contribution in [0, 0.1) is 5.82 Å². The molecule has 2 aromatic carbocycles. The molecule has 2 heterocycles. The van der Waals surface area contributed by atoms with Gasteiger partial charge in [-0.3, -0.25) is 9.69 Å². The van der Waals surface area contributed by atoms with Crippen molar-refractivity contribution in [1.29, 1.82) is 0 Å². The molecule has 0 N–H and O–H groups in total. The minimum Gasteiger partial charge on any atom is -0.493 e. The molecule has 1 saturated heterocycles. The molecule has 1 amide bonds. The van der Waals surface area contributed by atoms with Crippen molar-refractivity contribution in [2.45, 2.75) is 12.8 Å². The molecule has 0 aliphatic carbocycles. The summed E-state index contributed by atoms with van der Waals surface area (Å²) in [6.45, 7) is 5.00. The lowest BCUT2D eigenvalue weighted by molar-refractivity contribution is -0.132. The second-order valence-corrected chi connectivity index (χ2v) is 7.24. The molecule has 2 aliphatic rings. The van der Waals surface area contributed by atoms with Crippen LogP contribution in [0.1, 0.15) is 12.0 Å². The zero-order chi connectivity index (χ0) is 20.1. The van der Waals surface area contributed by atoms with Gasteiger partial charge in [-0.25, -0.2) is 4.39 Å². The molecular weight excluding hydrogens is 375 g/mol. The summed E-state index contributed by atoms with van der Waals surface area (Å²) in [6.07, 6.45) is 1.24. The van der Waals surface area contributed by atoms with Crippen molar-refractivity contribution in [2.24, 2.45) is 0 Å². The fourth-order valence-corrected chi connectivity index (χ4v) is 3.55. The Balaban J connectivity index is 1.14. The first-order valence-corrected chi connectivity index (χ1v) is 9.94. The Morgan fingerprint density at radius 1 is 1.00 bits per heavy atom. The Labute approximate surface area is 169 Å². The predicted octanol–water partition coefficient (Wildman–Crippen LogP) is 2.71. The molecule has 0 bridgehead atoms. The zero-order valence-electron chi connectivity index (χ0n) is 16.3. The highest BCUT2D eigenvalue weighted by Gasteiger charge is 2.21. The van der Waals surface area contributed by atoms with Gasteiger partial charge in [-0.05, 0) is 36.2 Å². The van der Waals surface area contributed by atoms with E-state index in [0.29, 0.717) is 13.0 Å². The molecule has 2 aromatic rings. The van der Waals surface area contributed by atoms with Gasteiger partial charge >= 0.3 is 0 Å². The first kappa shape index (κ1) is 19.5. The molecule has 7 heteroatoms. The highest BCUT2D eigenvalue weighted by Crippen LogP contribution is 2.35. The van der Waals surface area contributed by atoms with E-state index in [1.54, 1.807) is 12.1 Å². The first-order chi connectivity index (χ1) is 14.2. The minimum atomic E-state index is -0.280. The van der Waals surface area contributed by atoms with Gasteiger partial charge in [0.2, 0.25) is 12.7 Å². The van der Waals surface area contributed by atoms with Crippen molar-refractivity contribution in [2.75, 3.05) is 46.1 Å². The maximum Gasteiger partial charge on any atom is 0.231 e. The topological polar surface area (TPSA) is 51.2 Å². The number of benzene rings is 2. The smallest absolute Gasteiger partial charge is 0.231 e. The van der Waals surface area contributed by atoms with Crippen LogP contribution in [-0.4, -0.2) is 61.8 Å². The van der Waals surface area contributed by atoms with Crippen LogP contribution in [0.3, 0.4) is 0 Å². The Bertz CT molecular complexity index is 835. The lowest BCUT2D eigenvalue weighted by Crippen LogP contribution is -2.49. The molecule has 0 radical (unpaired) electrons. The number of fused-ring (bicyclic) bond motifs is 1. The van der Waals surface area contributed by atoms with Gasteiger partial charge in [-0.1, -0.05) is 12.1 Å². The fourth-order valence-electron chi connectivity index (χ4n) is 3.55. The largest absolute Gasteiger partial charge is 0.493 e. The average molecular weight is 400 g/mol. The highest BCUT2D eigenvalue weighted by atomic mass is 19.1. The number of hydrogen-bond donors (Lipinski definition) is 0. The molecule has 0 saturated carbocycles. The lowest BCUT2D eigenvalue weighted by Gasteiger charge is -2.34. The average Bonchev–Trinajstić information content (AvgIpc) is 3.21. The van der Waals surface area contributed by atoms with Crippen molar-refractivity contribution < 1.29 is 23.4 Å². The number of hydrogen-bond acceptors (Lipinski definition) is 5. The number of piperazine rings is 1. The minimum absolute atomic E-state index is 0.0994. The molecule has 0 spiro atoms. The van der Waals surface area contributed by atoms with Gasteiger partial charge in [0.15, 0.2) is 11.5 Å². The Hall–Kier alpha value is -2.80. The van der Waals surface area contributed by atoms with Crippen LogP contribution in [0.5, 0.6) is 17.2 Å². The lowest BCUT2D eigenvalue weighted by atomic mass is 10.1. The quantitative estimate of drug-likeness (QED) is 0.669. The van der Waals surface area contributed by atoms with E-state index in [0.717, 1.165) is 62.0 Å². The van der Waals surface area contributed by atoms with Gasteiger partial charge in [0.25, 0.3) is 0 Å². The van der Waals surface area contributed by atoms with Gasteiger partial charge in [0.05, 0.1) is 13.0 Å². The molecule has 2 aliphatic heterocycles. The number of carbonyl (C=O) groups excluding carboxylic acids is 1. The van der Waals surface area contributed by atoms with Crippen LogP contribution in [0.25, 0.3) is 0 Å². The van der Waals surface area contributed by atoms with Crippen LogP contribution in [0.2, 0.25) is 0 Å². The van der Waals surface area contributed by atoms with E-state index in [-0.39, 0.29) is 18.5 Å². The normalized spacial score (nSPS) is 16.1. The molecule has 6 nitrogen and oxygen atoms in total. The number of halogens is 1. The molecule has 29 heavy (non-hydrogen) atoms. The summed E-state index contributed by atoms with van der Waals surface area (Å²) < 4.78 is 29.4. The van der Waals surface area contributed by atoms with E-state index in [1.807, 2.05) is 23.1 Å². The van der Waals surface area contributed by atoms with Gasteiger partial charge < -0.3 is 19.1 Å². The van der Waals surface area contributed by atoms with E-state index in [1.165, 1.54) is 12.1 Å². The van der Waals surface area contributed by atoms with Gasteiger partial charge in [0.1, 0.15) is 11.6 Å². The third-order valence-electron chi connectivity index (χ3n) is 5.23. The molecule has 0 unspecified atom stereocenters. The Morgan fingerprint density at radius 2 is 1.76 bits per heavy atom. The number of amides is 1.